The number of nitrogens with zero attached hydrogens (tertiary/aromatic N) is 8. The van der Waals surface area contributed by atoms with Gasteiger partial charge >= 0.3 is 0 Å². The van der Waals surface area contributed by atoms with E-state index in [1.54, 1.807) is 0 Å². The van der Waals surface area contributed by atoms with Crippen molar-refractivity contribution in [2.75, 3.05) is 36.0 Å². The number of hydrogen-bond acceptors (Lipinski definition) is 7. The van der Waals surface area contributed by atoms with Crippen molar-refractivity contribution in [3.63, 3.8) is 0 Å². The average Bonchev–Trinajstić information content (AvgIpc) is 3.55. The zero-order valence-electron chi connectivity index (χ0n) is 18.9. The monoisotopic (exact) mass is 444 g/mol. The molecular weight excluding hydrogens is 416 g/mol. The highest BCUT2D eigenvalue weighted by atomic mass is 16.2. The number of anilines is 3. The molecule has 33 heavy (non-hydrogen) atoms. The zero-order valence-corrected chi connectivity index (χ0v) is 18.9. The Hall–Kier alpha value is -3.49. The minimum Gasteiger partial charge on any atom is -0.350 e. The zero-order chi connectivity index (χ0) is 22.4. The predicted molar refractivity (Wildman–Crippen MR) is 125 cm³/mol. The molecule has 0 saturated carbocycles. The van der Waals surface area contributed by atoms with Gasteiger partial charge in [0.05, 0.1) is 18.1 Å². The van der Waals surface area contributed by atoms with Crippen LogP contribution in [0, 0.1) is 6.92 Å². The molecule has 170 valence electrons. The molecule has 3 aliphatic heterocycles. The number of aryl methyl sites for hydroxylation is 2. The van der Waals surface area contributed by atoms with Gasteiger partial charge in [0.15, 0.2) is 11.5 Å². The molecule has 0 bridgehead atoms. The first-order valence-corrected chi connectivity index (χ1v) is 11.8. The quantitative estimate of drug-likeness (QED) is 0.614. The standard InChI is InChI=1S/C24H28N8O/c1-17-13-21(24(33)29-8-2-3-9-29)27-28-23(17)30-12-6-20-18(16-30)14-19(15-25-20)31-10-4-11-32-22(31)5-7-26-32/h5,7,13-15H,2-4,6,8-12,16H2,1H3. The third-order valence-electron chi connectivity index (χ3n) is 6.93. The number of fused-ring (bicyclic) bond motifs is 2. The molecule has 1 amide bonds. The number of pyridine rings is 1. The van der Waals surface area contributed by atoms with E-state index in [0.717, 1.165) is 93.5 Å². The molecule has 0 atom stereocenters. The Morgan fingerprint density at radius 1 is 1.00 bits per heavy atom. The number of carbonyl (C=O) groups is 1. The lowest BCUT2D eigenvalue weighted by Gasteiger charge is -2.33. The van der Waals surface area contributed by atoms with E-state index in [1.807, 2.05) is 30.3 Å². The molecule has 0 N–H and O–H groups in total. The highest BCUT2D eigenvalue weighted by Gasteiger charge is 2.26. The van der Waals surface area contributed by atoms with Crippen LogP contribution in [0.15, 0.2) is 30.6 Å². The Morgan fingerprint density at radius 3 is 2.73 bits per heavy atom. The van der Waals surface area contributed by atoms with Crippen molar-refractivity contribution < 1.29 is 4.79 Å². The fourth-order valence-corrected chi connectivity index (χ4v) is 5.20. The van der Waals surface area contributed by atoms with Gasteiger partial charge in [-0.15, -0.1) is 10.2 Å². The van der Waals surface area contributed by atoms with E-state index in [2.05, 4.69) is 41.9 Å². The minimum atomic E-state index is -0.00625. The molecule has 6 heterocycles. The van der Waals surface area contributed by atoms with E-state index in [1.165, 1.54) is 5.56 Å². The minimum absolute atomic E-state index is 0.00625. The number of rotatable bonds is 3. The van der Waals surface area contributed by atoms with E-state index in [4.69, 9.17) is 4.98 Å². The summed E-state index contributed by atoms with van der Waals surface area (Å²) in [5, 5.41) is 13.2. The molecule has 0 spiro atoms. The van der Waals surface area contributed by atoms with Crippen LogP contribution >= 0.6 is 0 Å². The first kappa shape index (κ1) is 20.1. The van der Waals surface area contributed by atoms with Crippen LogP contribution in [0.25, 0.3) is 0 Å². The van der Waals surface area contributed by atoms with Gasteiger partial charge in [-0.3, -0.25) is 9.78 Å². The summed E-state index contributed by atoms with van der Waals surface area (Å²) in [5.74, 6) is 1.96. The van der Waals surface area contributed by atoms with Crippen molar-refractivity contribution in [3.8, 4) is 0 Å². The molecule has 9 heteroatoms. The smallest absolute Gasteiger partial charge is 0.274 e. The normalized spacial score (nSPS) is 17.8. The van der Waals surface area contributed by atoms with Gasteiger partial charge in [0.25, 0.3) is 5.91 Å². The lowest BCUT2D eigenvalue weighted by Crippen LogP contribution is -2.34. The maximum atomic E-state index is 12.7. The highest BCUT2D eigenvalue weighted by molar-refractivity contribution is 5.92. The van der Waals surface area contributed by atoms with Crippen molar-refractivity contribution in [1.82, 2.24) is 29.9 Å². The SMILES string of the molecule is Cc1cc(C(=O)N2CCCC2)nnc1N1CCc2ncc(N3CCCn4nccc43)cc2C1. The van der Waals surface area contributed by atoms with Crippen LogP contribution in [0.5, 0.6) is 0 Å². The Morgan fingerprint density at radius 2 is 1.88 bits per heavy atom. The van der Waals surface area contributed by atoms with E-state index >= 15 is 0 Å². The van der Waals surface area contributed by atoms with Gasteiger partial charge in [0.2, 0.25) is 0 Å². The van der Waals surface area contributed by atoms with E-state index in [0.29, 0.717) is 5.69 Å². The van der Waals surface area contributed by atoms with Crippen molar-refractivity contribution >= 4 is 23.2 Å². The molecular formula is C24H28N8O. The number of hydrogen-bond donors (Lipinski definition) is 0. The largest absolute Gasteiger partial charge is 0.350 e. The second-order valence-corrected chi connectivity index (χ2v) is 9.12. The van der Waals surface area contributed by atoms with Crippen LogP contribution in [0.1, 0.15) is 46.6 Å². The Kier molecular flexibility index (Phi) is 4.96. The second-order valence-electron chi connectivity index (χ2n) is 9.12. The van der Waals surface area contributed by atoms with Crippen LogP contribution < -0.4 is 9.80 Å². The highest BCUT2D eigenvalue weighted by Crippen LogP contribution is 2.32. The first-order chi connectivity index (χ1) is 16.2. The summed E-state index contributed by atoms with van der Waals surface area (Å²) in [7, 11) is 0. The summed E-state index contributed by atoms with van der Waals surface area (Å²) in [6.45, 7) is 7.15. The lowest BCUT2D eigenvalue weighted by atomic mass is 10.0. The van der Waals surface area contributed by atoms with Crippen LogP contribution in [0.2, 0.25) is 0 Å². The summed E-state index contributed by atoms with van der Waals surface area (Å²) in [6, 6.07) is 6.21. The van der Waals surface area contributed by atoms with Crippen molar-refractivity contribution in [2.45, 2.75) is 45.7 Å². The van der Waals surface area contributed by atoms with Crippen molar-refractivity contribution in [2.24, 2.45) is 0 Å². The van der Waals surface area contributed by atoms with Gasteiger partial charge in [-0.05, 0) is 49.4 Å². The average molecular weight is 445 g/mol. The van der Waals surface area contributed by atoms with E-state index in [9.17, 15) is 4.79 Å². The van der Waals surface area contributed by atoms with Gasteiger partial charge in [-0.25, -0.2) is 4.68 Å². The molecule has 3 aromatic heterocycles. The van der Waals surface area contributed by atoms with Crippen LogP contribution in [0.4, 0.5) is 17.3 Å². The second kappa shape index (κ2) is 8.13. The first-order valence-electron chi connectivity index (χ1n) is 11.8. The van der Waals surface area contributed by atoms with Gasteiger partial charge in [-0.2, -0.15) is 5.10 Å². The molecule has 6 rings (SSSR count). The number of aromatic nitrogens is 5. The van der Waals surface area contributed by atoms with E-state index in [-0.39, 0.29) is 5.91 Å². The fraction of sp³-hybridized carbons (Fsp3) is 0.458. The lowest BCUT2D eigenvalue weighted by molar-refractivity contribution is 0.0785. The maximum absolute atomic E-state index is 12.7. The molecule has 0 radical (unpaired) electrons. The predicted octanol–water partition coefficient (Wildman–Crippen LogP) is 2.72. The Bertz CT molecular complexity index is 1200. The molecule has 3 aliphatic rings. The molecule has 0 aromatic carbocycles. The fourth-order valence-electron chi connectivity index (χ4n) is 5.20. The Balaban J connectivity index is 1.24. The third-order valence-corrected chi connectivity index (χ3v) is 6.93. The Labute approximate surface area is 193 Å². The third kappa shape index (κ3) is 3.61. The maximum Gasteiger partial charge on any atom is 0.274 e. The summed E-state index contributed by atoms with van der Waals surface area (Å²) in [5.41, 5.74) is 4.90. The van der Waals surface area contributed by atoms with Crippen molar-refractivity contribution in [1.29, 1.82) is 0 Å². The van der Waals surface area contributed by atoms with Crippen LogP contribution in [-0.2, 0) is 19.5 Å². The number of carbonyl (C=O) groups excluding carboxylic acids is 1. The van der Waals surface area contributed by atoms with Gasteiger partial charge in [0.1, 0.15) is 5.82 Å². The summed E-state index contributed by atoms with van der Waals surface area (Å²) in [4.78, 5) is 23.9. The molecule has 9 nitrogen and oxygen atoms in total. The van der Waals surface area contributed by atoms with Crippen LogP contribution in [-0.4, -0.2) is 61.9 Å². The number of likely N-dealkylation sites (tertiary alicyclic amines) is 1. The van der Waals surface area contributed by atoms with Gasteiger partial charge < -0.3 is 14.7 Å². The molecule has 1 saturated heterocycles. The molecule has 1 fully saturated rings. The molecule has 0 unspecified atom stereocenters. The van der Waals surface area contributed by atoms with Gasteiger partial charge in [0, 0.05) is 57.4 Å². The molecule has 0 aliphatic carbocycles. The topological polar surface area (TPSA) is 83.3 Å². The summed E-state index contributed by atoms with van der Waals surface area (Å²) >= 11 is 0. The molecule has 3 aromatic rings. The summed E-state index contributed by atoms with van der Waals surface area (Å²) < 4.78 is 2.05. The van der Waals surface area contributed by atoms with E-state index < -0.39 is 0 Å². The number of amides is 1. The van der Waals surface area contributed by atoms with Crippen molar-refractivity contribution in [3.05, 3.63) is 53.1 Å². The summed E-state index contributed by atoms with van der Waals surface area (Å²) in [6.07, 6.45) is 7.92. The van der Waals surface area contributed by atoms with Crippen LogP contribution in [0.3, 0.4) is 0 Å². The van der Waals surface area contributed by atoms with Gasteiger partial charge in [-0.1, -0.05) is 0 Å².